The van der Waals surface area contributed by atoms with Crippen LogP contribution in [0.1, 0.15) is 21.3 Å². The Morgan fingerprint density at radius 2 is 1.22 bits per heavy atom. The molecular weight excluding hydrogens is 108 g/mol. The summed E-state index contributed by atoms with van der Waals surface area (Å²) in [6, 6.07) is 0. The van der Waals surface area contributed by atoms with Gasteiger partial charge in [0.25, 0.3) is 0 Å². The van der Waals surface area contributed by atoms with Crippen LogP contribution in [-0.2, 0) is 0 Å². The van der Waals surface area contributed by atoms with Gasteiger partial charge >= 0.3 is 0 Å². The molecule has 0 unspecified atom stereocenters. The number of allylic oxidation sites excluding steroid dienone is 4. The van der Waals surface area contributed by atoms with E-state index in [-0.39, 0.29) is 7.43 Å². The maximum absolute atomic E-state index is 3.70. The lowest BCUT2D eigenvalue weighted by atomic mass is 10.2. The summed E-state index contributed by atoms with van der Waals surface area (Å²) < 4.78 is 0. The monoisotopic (exact) mass is 124 g/mol. The van der Waals surface area contributed by atoms with Crippen molar-refractivity contribution in [3.63, 3.8) is 0 Å². The van der Waals surface area contributed by atoms with Gasteiger partial charge in [0.2, 0.25) is 0 Å². The summed E-state index contributed by atoms with van der Waals surface area (Å²) in [6.07, 6.45) is 3.89. The van der Waals surface area contributed by atoms with Gasteiger partial charge < -0.3 is 0 Å². The van der Waals surface area contributed by atoms with Crippen LogP contribution in [0.3, 0.4) is 0 Å². The van der Waals surface area contributed by atoms with Crippen molar-refractivity contribution in [2.24, 2.45) is 0 Å². The summed E-state index contributed by atoms with van der Waals surface area (Å²) in [6.45, 7) is 11.3. The van der Waals surface area contributed by atoms with Gasteiger partial charge in [-0.2, -0.15) is 0 Å². The molecule has 0 amide bonds. The van der Waals surface area contributed by atoms with Crippen LogP contribution >= 0.6 is 0 Å². The fourth-order valence-corrected chi connectivity index (χ4v) is 0.285. The van der Waals surface area contributed by atoms with Gasteiger partial charge in [0, 0.05) is 0 Å². The molecule has 0 heteroatoms. The number of hydrogen-bond acceptors (Lipinski definition) is 0. The zero-order chi connectivity index (χ0) is 6.57. The normalized spacial score (nSPS) is 8.67. The molecule has 0 nitrogen and oxygen atoms in total. The Hall–Kier alpha value is -0.780. The van der Waals surface area contributed by atoms with Crippen molar-refractivity contribution in [1.29, 1.82) is 0 Å². The van der Waals surface area contributed by atoms with Gasteiger partial charge in [-0.25, -0.2) is 0 Å². The fraction of sp³-hybridized carbons (Fsp3) is 0.333. The van der Waals surface area contributed by atoms with E-state index in [0.717, 1.165) is 11.1 Å². The predicted molar refractivity (Wildman–Crippen MR) is 45.5 cm³/mol. The van der Waals surface area contributed by atoms with Crippen molar-refractivity contribution in [3.05, 3.63) is 36.5 Å². The smallest absolute Gasteiger partial charge is 0.0404 e. The van der Waals surface area contributed by atoms with Crippen LogP contribution in [0.4, 0.5) is 0 Å². The Kier molecular flexibility index (Phi) is 6.59. The largest absolute Gasteiger partial charge is 0.0961 e. The van der Waals surface area contributed by atoms with E-state index in [9.17, 15) is 0 Å². The third-order valence-electron chi connectivity index (χ3n) is 0.652. The molecule has 0 spiro atoms. The van der Waals surface area contributed by atoms with Crippen LogP contribution < -0.4 is 0 Å². The maximum Gasteiger partial charge on any atom is -0.0404 e. The van der Waals surface area contributed by atoms with Crippen LogP contribution in [0.15, 0.2) is 36.5 Å². The third-order valence-corrected chi connectivity index (χ3v) is 0.652. The van der Waals surface area contributed by atoms with Crippen LogP contribution in [0, 0.1) is 0 Å². The SMILES string of the molecule is C.C=C(C)/C=C\C(=C)C. The van der Waals surface area contributed by atoms with E-state index < -0.39 is 0 Å². The summed E-state index contributed by atoms with van der Waals surface area (Å²) in [7, 11) is 0. The van der Waals surface area contributed by atoms with Gasteiger partial charge in [0.1, 0.15) is 0 Å². The molecule has 0 N–H and O–H groups in total. The van der Waals surface area contributed by atoms with Gasteiger partial charge in [-0.05, 0) is 13.8 Å². The Morgan fingerprint density at radius 3 is 1.33 bits per heavy atom. The molecule has 0 aliphatic heterocycles. The molecule has 0 aromatic rings. The highest BCUT2D eigenvalue weighted by molar-refractivity contribution is 5.20. The Morgan fingerprint density at radius 1 is 1.00 bits per heavy atom. The average Bonchev–Trinajstić information content (AvgIpc) is 1.61. The Balaban J connectivity index is 0. The van der Waals surface area contributed by atoms with Gasteiger partial charge in [-0.1, -0.05) is 43.9 Å². The van der Waals surface area contributed by atoms with Crippen molar-refractivity contribution >= 4 is 0 Å². The van der Waals surface area contributed by atoms with Gasteiger partial charge in [0.05, 0.1) is 0 Å². The van der Waals surface area contributed by atoms with Crippen LogP contribution in [0.5, 0.6) is 0 Å². The second-order valence-corrected chi connectivity index (χ2v) is 2.03. The molecule has 0 heterocycles. The van der Waals surface area contributed by atoms with Crippen molar-refractivity contribution in [2.45, 2.75) is 21.3 Å². The number of rotatable bonds is 2. The van der Waals surface area contributed by atoms with Crippen molar-refractivity contribution < 1.29 is 0 Å². The Bertz CT molecular complexity index is 111. The highest BCUT2D eigenvalue weighted by atomic mass is 13.8. The van der Waals surface area contributed by atoms with E-state index in [0.29, 0.717) is 0 Å². The highest BCUT2D eigenvalue weighted by Gasteiger charge is 1.72. The van der Waals surface area contributed by atoms with Crippen molar-refractivity contribution in [3.8, 4) is 0 Å². The van der Waals surface area contributed by atoms with Crippen LogP contribution in [0.25, 0.3) is 0 Å². The van der Waals surface area contributed by atoms with Crippen molar-refractivity contribution in [2.75, 3.05) is 0 Å². The highest BCUT2D eigenvalue weighted by Crippen LogP contribution is 1.94. The van der Waals surface area contributed by atoms with E-state index in [1.165, 1.54) is 0 Å². The van der Waals surface area contributed by atoms with Gasteiger partial charge in [-0.15, -0.1) is 0 Å². The van der Waals surface area contributed by atoms with E-state index in [1.54, 1.807) is 0 Å². The summed E-state index contributed by atoms with van der Waals surface area (Å²) >= 11 is 0. The molecule has 0 saturated heterocycles. The van der Waals surface area contributed by atoms with Gasteiger partial charge in [0.15, 0.2) is 0 Å². The zero-order valence-corrected chi connectivity index (χ0v) is 5.57. The minimum absolute atomic E-state index is 0. The molecule has 0 saturated carbocycles. The molecule has 0 radical (unpaired) electrons. The first-order chi connectivity index (χ1) is 3.63. The standard InChI is InChI=1S/C8H12.CH4/c1-7(2)5-6-8(3)4;/h5-6H,1,3H2,2,4H3;1H4/b6-5-;. The van der Waals surface area contributed by atoms with Crippen molar-refractivity contribution in [1.82, 2.24) is 0 Å². The molecule has 0 atom stereocenters. The quantitative estimate of drug-likeness (QED) is 0.495. The van der Waals surface area contributed by atoms with Crippen LogP contribution in [-0.4, -0.2) is 0 Å². The first kappa shape index (κ1) is 11.1. The minimum Gasteiger partial charge on any atom is -0.0961 e. The van der Waals surface area contributed by atoms with E-state index in [1.807, 2.05) is 26.0 Å². The molecule has 0 aromatic heterocycles. The first-order valence-corrected chi connectivity index (χ1v) is 2.62. The molecule has 9 heavy (non-hydrogen) atoms. The second-order valence-electron chi connectivity index (χ2n) is 2.03. The molecular formula is C9H16. The minimum atomic E-state index is 0. The summed E-state index contributed by atoms with van der Waals surface area (Å²) in [4.78, 5) is 0. The molecule has 0 rings (SSSR count). The summed E-state index contributed by atoms with van der Waals surface area (Å²) in [5.41, 5.74) is 2.13. The average molecular weight is 124 g/mol. The molecule has 0 aliphatic carbocycles. The van der Waals surface area contributed by atoms with E-state index in [4.69, 9.17) is 0 Å². The molecule has 0 aromatic carbocycles. The fourth-order valence-electron chi connectivity index (χ4n) is 0.285. The second kappa shape index (κ2) is 5.36. The molecule has 0 aliphatic rings. The Labute approximate surface area is 58.6 Å². The lowest BCUT2D eigenvalue weighted by molar-refractivity contribution is 1.50. The molecule has 52 valence electrons. The van der Waals surface area contributed by atoms with E-state index in [2.05, 4.69) is 13.2 Å². The zero-order valence-electron chi connectivity index (χ0n) is 5.57. The number of hydrogen-bond donors (Lipinski definition) is 0. The lowest BCUT2D eigenvalue weighted by Gasteiger charge is -1.84. The van der Waals surface area contributed by atoms with Gasteiger partial charge in [-0.3, -0.25) is 0 Å². The first-order valence-electron chi connectivity index (χ1n) is 2.62. The van der Waals surface area contributed by atoms with Crippen LogP contribution in [0.2, 0.25) is 0 Å². The van der Waals surface area contributed by atoms with E-state index >= 15 is 0 Å². The summed E-state index contributed by atoms with van der Waals surface area (Å²) in [5, 5.41) is 0. The maximum atomic E-state index is 3.70. The molecule has 0 bridgehead atoms. The summed E-state index contributed by atoms with van der Waals surface area (Å²) in [5.74, 6) is 0. The topological polar surface area (TPSA) is 0 Å². The lowest BCUT2D eigenvalue weighted by Crippen LogP contribution is -1.62. The molecule has 0 fully saturated rings. The third kappa shape index (κ3) is 11.0. The predicted octanol–water partition coefficient (Wildman–Crippen LogP) is 3.33.